The summed E-state index contributed by atoms with van der Waals surface area (Å²) in [7, 11) is -3.55. The molecule has 4 nitrogen and oxygen atoms in total. The second-order valence-corrected chi connectivity index (χ2v) is 5.09. The molecule has 0 bridgehead atoms. The monoisotopic (exact) mass is 285 g/mol. The average Bonchev–Trinajstić information content (AvgIpc) is 1.93. The van der Waals surface area contributed by atoms with Crippen LogP contribution in [-0.2, 0) is 10.1 Å². The summed E-state index contributed by atoms with van der Waals surface area (Å²) >= 11 is 8.65. The lowest BCUT2D eigenvalue weighted by atomic mass is 10.5. The van der Waals surface area contributed by atoms with E-state index in [9.17, 15) is 8.42 Å². The third-order valence-electron chi connectivity index (χ3n) is 1.00. The molecule has 1 rings (SSSR count). The van der Waals surface area contributed by atoms with E-state index in [4.69, 9.17) is 11.6 Å². The highest BCUT2D eigenvalue weighted by molar-refractivity contribution is 9.10. The predicted molar refractivity (Wildman–Crippen MR) is 52.4 cm³/mol. The topological polar surface area (TPSA) is 56.3 Å². The molecule has 0 aliphatic rings. The molecule has 0 saturated carbocycles. The zero-order valence-electron chi connectivity index (χ0n) is 6.49. The van der Waals surface area contributed by atoms with Crippen LogP contribution in [0.2, 0.25) is 5.02 Å². The molecule has 72 valence electrons. The molecule has 1 heterocycles. The molecule has 0 aliphatic carbocycles. The molecule has 0 radical (unpaired) electrons. The van der Waals surface area contributed by atoms with Gasteiger partial charge in [0, 0.05) is 6.20 Å². The molecule has 0 amide bonds. The van der Waals surface area contributed by atoms with Gasteiger partial charge in [0.05, 0.1) is 15.8 Å². The van der Waals surface area contributed by atoms with Crippen LogP contribution >= 0.6 is 27.5 Å². The van der Waals surface area contributed by atoms with Crippen LogP contribution in [0.5, 0.6) is 5.88 Å². The molecule has 1 aromatic rings. The molecular formula is C6H5BrClNO3S. The molecular weight excluding hydrogens is 281 g/mol. The van der Waals surface area contributed by atoms with Gasteiger partial charge in [-0.3, -0.25) is 0 Å². The van der Waals surface area contributed by atoms with Gasteiger partial charge in [-0.2, -0.15) is 8.42 Å². The van der Waals surface area contributed by atoms with E-state index >= 15 is 0 Å². The van der Waals surface area contributed by atoms with E-state index in [0.717, 1.165) is 6.26 Å². The molecule has 0 aliphatic heterocycles. The van der Waals surface area contributed by atoms with E-state index in [1.807, 2.05) is 0 Å². The second-order valence-electron chi connectivity index (χ2n) is 2.23. The molecule has 13 heavy (non-hydrogen) atoms. The number of aromatic nitrogens is 1. The number of hydrogen-bond acceptors (Lipinski definition) is 4. The Morgan fingerprint density at radius 1 is 1.62 bits per heavy atom. The van der Waals surface area contributed by atoms with E-state index in [2.05, 4.69) is 25.1 Å². The lowest BCUT2D eigenvalue weighted by Crippen LogP contribution is -2.07. The molecule has 1 aromatic heterocycles. The van der Waals surface area contributed by atoms with E-state index < -0.39 is 10.1 Å². The zero-order valence-corrected chi connectivity index (χ0v) is 9.65. The molecule has 0 fully saturated rings. The van der Waals surface area contributed by atoms with Crippen molar-refractivity contribution in [3.8, 4) is 5.88 Å². The zero-order chi connectivity index (χ0) is 10.1. The van der Waals surface area contributed by atoms with Crippen molar-refractivity contribution >= 4 is 37.6 Å². The van der Waals surface area contributed by atoms with Crippen molar-refractivity contribution in [1.82, 2.24) is 4.98 Å². The van der Waals surface area contributed by atoms with Gasteiger partial charge >= 0.3 is 10.1 Å². The molecule has 0 atom stereocenters. The lowest BCUT2D eigenvalue weighted by molar-refractivity contribution is 0.481. The van der Waals surface area contributed by atoms with Gasteiger partial charge in [-0.15, -0.1) is 0 Å². The van der Waals surface area contributed by atoms with E-state index in [1.165, 1.54) is 12.3 Å². The van der Waals surface area contributed by atoms with Crippen LogP contribution in [0, 0.1) is 0 Å². The Balaban J connectivity index is 3.04. The van der Waals surface area contributed by atoms with Gasteiger partial charge < -0.3 is 4.18 Å². The van der Waals surface area contributed by atoms with Crippen LogP contribution in [-0.4, -0.2) is 19.7 Å². The van der Waals surface area contributed by atoms with Gasteiger partial charge in [-0.05, 0) is 22.0 Å². The Kier molecular flexibility index (Phi) is 3.15. The second kappa shape index (κ2) is 3.81. The van der Waals surface area contributed by atoms with Crippen molar-refractivity contribution in [1.29, 1.82) is 0 Å². The first kappa shape index (κ1) is 10.7. The van der Waals surface area contributed by atoms with E-state index in [-0.39, 0.29) is 5.88 Å². The van der Waals surface area contributed by atoms with Crippen LogP contribution in [0.3, 0.4) is 0 Å². The summed E-state index contributed by atoms with van der Waals surface area (Å²) in [6, 6.07) is 1.50. The summed E-state index contributed by atoms with van der Waals surface area (Å²) in [6.07, 6.45) is 2.24. The Morgan fingerprint density at radius 3 is 2.69 bits per heavy atom. The van der Waals surface area contributed by atoms with Crippen molar-refractivity contribution in [3.63, 3.8) is 0 Å². The first-order chi connectivity index (χ1) is 5.88. The van der Waals surface area contributed by atoms with E-state index in [1.54, 1.807) is 0 Å². The summed E-state index contributed by atoms with van der Waals surface area (Å²) in [5.41, 5.74) is 0. The van der Waals surface area contributed by atoms with Crippen molar-refractivity contribution < 1.29 is 12.6 Å². The minimum Gasteiger partial charge on any atom is -0.361 e. The SMILES string of the molecule is CS(=O)(=O)Oc1ncc(Cl)cc1Br. The first-order valence-electron chi connectivity index (χ1n) is 3.09. The molecule has 0 N–H and O–H groups in total. The lowest BCUT2D eigenvalue weighted by Gasteiger charge is -2.03. The molecule has 0 saturated heterocycles. The maximum absolute atomic E-state index is 10.7. The predicted octanol–water partition coefficient (Wildman–Crippen LogP) is 1.84. The average molecular weight is 287 g/mol. The third-order valence-corrected chi connectivity index (χ3v) is 2.24. The van der Waals surface area contributed by atoms with Gasteiger partial charge in [0.15, 0.2) is 0 Å². The Bertz CT molecular complexity index is 420. The Hall–Kier alpha value is -0.330. The number of hydrogen-bond donors (Lipinski definition) is 0. The summed E-state index contributed by atoms with van der Waals surface area (Å²) in [6.45, 7) is 0. The highest BCUT2D eigenvalue weighted by atomic mass is 79.9. The maximum Gasteiger partial charge on any atom is 0.307 e. The number of rotatable bonds is 2. The van der Waals surface area contributed by atoms with Crippen LogP contribution in [0.25, 0.3) is 0 Å². The van der Waals surface area contributed by atoms with Crippen molar-refractivity contribution in [2.75, 3.05) is 6.26 Å². The van der Waals surface area contributed by atoms with Crippen LogP contribution in [0.15, 0.2) is 16.7 Å². The summed E-state index contributed by atoms with van der Waals surface area (Å²) in [5.74, 6) is -0.0214. The summed E-state index contributed by atoms with van der Waals surface area (Å²) < 4.78 is 26.4. The van der Waals surface area contributed by atoms with Gasteiger partial charge in [0.1, 0.15) is 0 Å². The Labute approximate surface area is 89.1 Å². The maximum atomic E-state index is 10.7. The molecule has 0 aromatic carbocycles. The van der Waals surface area contributed by atoms with E-state index in [0.29, 0.717) is 9.50 Å². The molecule has 7 heteroatoms. The van der Waals surface area contributed by atoms with Crippen molar-refractivity contribution in [2.45, 2.75) is 0 Å². The fraction of sp³-hybridized carbons (Fsp3) is 0.167. The Morgan fingerprint density at radius 2 is 2.23 bits per heavy atom. The standard InChI is InChI=1S/C6H5BrClNO3S/c1-13(10,11)12-6-5(7)2-4(8)3-9-6/h2-3H,1H3. The largest absolute Gasteiger partial charge is 0.361 e. The minimum atomic E-state index is -3.55. The summed E-state index contributed by atoms with van der Waals surface area (Å²) in [4.78, 5) is 3.68. The van der Waals surface area contributed by atoms with Gasteiger partial charge in [0.2, 0.25) is 5.88 Å². The fourth-order valence-corrected chi connectivity index (χ4v) is 1.85. The van der Waals surface area contributed by atoms with Gasteiger partial charge in [-0.25, -0.2) is 4.98 Å². The van der Waals surface area contributed by atoms with Gasteiger partial charge in [-0.1, -0.05) is 11.6 Å². The van der Waals surface area contributed by atoms with Crippen molar-refractivity contribution in [2.24, 2.45) is 0 Å². The molecule has 0 spiro atoms. The number of halogens is 2. The number of nitrogens with zero attached hydrogens (tertiary/aromatic N) is 1. The van der Waals surface area contributed by atoms with Crippen molar-refractivity contribution in [3.05, 3.63) is 21.8 Å². The fourth-order valence-electron chi connectivity index (χ4n) is 0.607. The van der Waals surface area contributed by atoms with Crippen LogP contribution < -0.4 is 4.18 Å². The third kappa shape index (κ3) is 3.50. The van der Waals surface area contributed by atoms with Gasteiger partial charge in [0.25, 0.3) is 0 Å². The molecule has 0 unspecified atom stereocenters. The summed E-state index contributed by atoms with van der Waals surface area (Å²) in [5, 5.41) is 0.396. The smallest absolute Gasteiger partial charge is 0.307 e. The minimum absolute atomic E-state index is 0.0214. The first-order valence-corrected chi connectivity index (χ1v) is 6.08. The normalized spacial score (nSPS) is 11.3. The quantitative estimate of drug-likeness (QED) is 0.778. The highest BCUT2D eigenvalue weighted by Gasteiger charge is 2.09. The number of pyridine rings is 1. The highest BCUT2D eigenvalue weighted by Crippen LogP contribution is 2.25. The van der Waals surface area contributed by atoms with Crippen LogP contribution in [0.1, 0.15) is 0 Å². The van der Waals surface area contributed by atoms with Crippen LogP contribution in [0.4, 0.5) is 0 Å².